The average molecular weight is 240 g/mol. The van der Waals surface area contributed by atoms with Crippen LogP contribution in [0.3, 0.4) is 0 Å². The number of carbonyl (C=O) groups is 1. The van der Waals surface area contributed by atoms with Gasteiger partial charge in [0.05, 0.1) is 6.10 Å². The molecular formula is C13H24N2O2. The number of hydrogen-bond donors (Lipinski definition) is 1. The second-order valence-corrected chi connectivity index (χ2v) is 5.38. The van der Waals surface area contributed by atoms with Gasteiger partial charge >= 0.3 is 0 Å². The van der Waals surface area contributed by atoms with Gasteiger partial charge in [0.15, 0.2) is 0 Å². The van der Waals surface area contributed by atoms with Crippen molar-refractivity contribution in [3.63, 3.8) is 0 Å². The van der Waals surface area contributed by atoms with E-state index in [-0.39, 0.29) is 12.0 Å². The molecule has 0 spiro atoms. The van der Waals surface area contributed by atoms with E-state index in [1.807, 2.05) is 4.90 Å². The van der Waals surface area contributed by atoms with Crippen molar-refractivity contribution in [2.24, 2.45) is 17.6 Å². The second kappa shape index (κ2) is 5.83. The summed E-state index contributed by atoms with van der Waals surface area (Å²) in [5.74, 6) is 1.23. The van der Waals surface area contributed by atoms with Crippen LogP contribution in [0.5, 0.6) is 0 Å². The van der Waals surface area contributed by atoms with Gasteiger partial charge < -0.3 is 15.4 Å². The second-order valence-electron chi connectivity index (χ2n) is 5.38. The molecule has 1 aliphatic carbocycles. The van der Waals surface area contributed by atoms with Crippen molar-refractivity contribution in [3.05, 3.63) is 0 Å². The van der Waals surface area contributed by atoms with E-state index < -0.39 is 0 Å². The predicted molar refractivity (Wildman–Crippen MR) is 66.5 cm³/mol. The van der Waals surface area contributed by atoms with Crippen LogP contribution in [0.4, 0.5) is 0 Å². The summed E-state index contributed by atoms with van der Waals surface area (Å²) in [6, 6.07) is 0. The normalized spacial score (nSPS) is 34.0. The number of nitrogens with two attached hydrogens (primary N) is 1. The molecule has 0 radical (unpaired) electrons. The van der Waals surface area contributed by atoms with Gasteiger partial charge in [0.1, 0.15) is 0 Å². The molecule has 2 fully saturated rings. The molecule has 0 aromatic heterocycles. The Morgan fingerprint density at radius 1 is 1.29 bits per heavy atom. The molecule has 2 rings (SSSR count). The van der Waals surface area contributed by atoms with Crippen LogP contribution in [-0.2, 0) is 9.53 Å². The number of ether oxygens (including phenoxy) is 1. The van der Waals surface area contributed by atoms with E-state index in [1.165, 1.54) is 0 Å². The summed E-state index contributed by atoms with van der Waals surface area (Å²) >= 11 is 0. The number of likely N-dealkylation sites (tertiary alicyclic amines) is 1. The zero-order valence-corrected chi connectivity index (χ0v) is 10.7. The fourth-order valence-electron chi connectivity index (χ4n) is 3.02. The number of nitrogens with zero attached hydrogens (tertiary/aromatic N) is 1. The minimum absolute atomic E-state index is 0.244. The molecule has 1 amide bonds. The molecule has 1 heterocycles. The van der Waals surface area contributed by atoms with Crippen molar-refractivity contribution in [2.45, 2.75) is 38.2 Å². The van der Waals surface area contributed by atoms with E-state index in [4.69, 9.17) is 10.5 Å². The maximum absolute atomic E-state index is 12.3. The molecule has 17 heavy (non-hydrogen) atoms. The van der Waals surface area contributed by atoms with E-state index in [0.717, 1.165) is 51.7 Å². The highest BCUT2D eigenvalue weighted by molar-refractivity contribution is 5.79. The Kier molecular flexibility index (Phi) is 4.40. The van der Waals surface area contributed by atoms with Crippen molar-refractivity contribution in [1.82, 2.24) is 4.90 Å². The Balaban J connectivity index is 1.81. The summed E-state index contributed by atoms with van der Waals surface area (Å²) in [4.78, 5) is 14.3. The topological polar surface area (TPSA) is 55.6 Å². The molecule has 1 saturated heterocycles. The number of methoxy groups -OCH3 is 1. The number of rotatable bonds is 3. The number of carbonyl (C=O) groups excluding carboxylic acids is 1. The van der Waals surface area contributed by atoms with Gasteiger partial charge in [0, 0.05) is 26.1 Å². The van der Waals surface area contributed by atoms with Crippen molar-refractivity contribution in [3.8, 4) is 0 Å². The summed E-state index contributed by atoms with van der Waals surface area (Å²) in [6.45, 7) is 2.43. The Bertz CT molecular complexity index is 262. The lowest BCUT2D eigenvalue weighted by atomic mass is 9.81. The van der Waals surface area contributed by atoms with Crippen LogP contribution in [0.2, 0.25) is 0 Å². The fourth-order valence-corrected chi connectivity index (χ4v) is 3.02. The summed E-state index contributed by atoms with van der Waals surface area (Å²) in [5.41, 5.74) is 5.67. The van der Waals surface area contributed by atoms with E-state index >= 15 is 0 Å². The first kappa shape index (κ1) is 12.8. The van der Waals surface area contributed by atoms with Gasteiger partial charge in [0.25, 0.3) is 0 Å². The smallest absolute Gasteiger partial charge is 0.225 e. The molecule has 98 valence electrons. The Morgan fingerprint density at radius 2 is 2.00 bits per heavy atom. The van der Waals surface area contributed by atoms with Gasteiger partial charge in [-0.1, -0.05) is 0 Å². The SMILES string of the molecule is COC1CCN(C(=O)C2CCC(CN)CC2)C1. The Labute approximate surface area is 103 Å². The number of hydrogen-bond acceptors (Lipinski definition) is 3. The molecule has 2 aliphatic rings. The molecule has 1 aliphatic heterocycles. The van der Waals surface area contributed by atoms with Crippen LogP contribution in [-0.4, -0.2) is 43.7 Å². The summed E-state index contributed by atoms with van der Waals surface area (Å²) in [7, 11) is 1.73. The van der Waals surface area contributed by atoms with Crippen molar-refractivity contribution in [1.29, 1.82) is 0 Å². The molecule has 0 aromatic rings. The minimum Gasteiger partial charge on any atom is -0.380 e. The summed E-state index contributed by atoms with van der Waals surface area (Å²) in [6.07, 6.45) is 5.52. The van der Waals surface area contributed by atoms with E-state index in [9.17, 15) is 4.79 Å². The first-order chi connectivity index (χ1) is 8.24. The molecule has 1 saturated carbocycles. The van der Waals surface area contributed by atoms with Crippen LogP contribution in [0.1, 0.15) is 32.1 Å². The van der Waals surface area contributed by atoms with E-state index in [0.29, 0.717) is 11.8 Å². The van der Waals surface area contributed by atoms with E-state index in [1.54, 1.807) is 7.11 Å². The maximum Gasteiger partial charge on any atom is 0.225 e. The molecule has 0 bridgehead atoms. The lowest BCUT2D eigenvalue weighted by Gasteiger charge is -2.29. The largest absolute Gasteiger partial charge is 0.380 e. The zero-order valence-electron chi connectivity index (χ0n) is 10.7. The first-order valence-electron chi connectivity index (χ1n) is 6.76. The summed E-state index contributed by atoms with van der Waals surface area (Å²) in [5, 5.41) is 0. The highest BCUT2D eigenvalue weighted by Crippen LogP contribution is 2.30. The standard InChI is InChI=1S/C13H24N2O2/c1-17-12-6-7-15(9-12)13(16)11-4-2-10(8-14)3-5-11/h10-12H,2-9,14H2,1H3. The lowest BCUT2D eigenvalue weighted by Crippen LogP contribution is -2.37. The monoisotopic (exact) mass is 240 g/mol. The van der Waals surface area contributed by atoms with Crippen LogP contribution in [0.15, 0.2) is 0 Å². The van der Waals surface area contributed by atoms with Gasteiger partial charge in [-0.3, -0.25) is 4.79 Å². The molecule has 2 N–H and O–H groups in total. The predicted octanol–water partition coefficient (Wildman–Crippen LogP) is 0.999. The third-order valence-electron chi connectivity index (χ3n) is 4.32. The molecule has 1 atom stereocenters. The average Bonchev–Trinajstić information content (AvgIpc) is 2.87. The molecule has 0 aromatic carbocycles. The zero-order chi connectivity index (χ0) is 12.3. The van der Waals surface area contributed by atoms with Gasteiger partial charge in [-0.2, -0.15) is 0 Å². The van der Waals surface area contributed by atoms with Gasteiger partial charge in [-0.15, -0.1) is 0 Å². The highest BCUT2D eigenvalue weighted by atomic mass is 16.5. The highest BCUT2D eigenvalue weighted by Gasteiger charge is 2.32. The van der Waals surface area contributed by atoms with Gasteiger partial charge in [0.2, 0.25) is 5.91 Å². The fraction of sp³-hybridized carbons (Fsp3) is 0.923. The van der Waals surface area contributed by atoms with Crippen LogP contribution >= 0.6 is 0 Å². The quantitative estimate of drug-likeness (QED) is 0.800. The molecular weight excluding hydrogens is 216 g/mol. The van der Waals surface area contributed by atoms with Crippen LogP contribution in [0, 0.1) is 11.8 Å². The van der Waals surface area contributed by atoms with Crippen LogP contribution < -0.4 is 5.73 Å². The third-order valence-corrected chi connectivity index (χ3v) is 4.32. The molecule has 4 nitrogen and oxygen atoms in total. The third kappa shape index (κ3) is 2.99. The minimum atomic E-state index is 0.244. The van der Waals surface area contributed by atoms with E-state index in [2.05, 4.69) is 0 Å². The number of amides is 1. The van der Waals surface area contributed by atoms with Gasteiger partial charge in [-0.25, -0.2) is 0 Å². The van der Waals surface area contributed by atoms with Gasteiger partial charge in [-0.05, 0) is 44.6 Å². The molecule has 1 unspecified atom stereocenters. The Morgan fingerprint density at radius 3 is 2.53 bits per heavy atom. The lowest BCUT2D eigenvalue weighted by molar-refractivity contribution is -0.136. The van der Waals surface area contributed by atoms with Crippen molar-refractivity contribution < 1.29 is 9.53 Å². The first-order valence-corrected chi connectivity index (χ1v) is 6.76. The van der Waals surface area contributed by atoms with Crippen LogP contribution in [0.25, 0.3) is 0 Å². The molecule has 4 heteroatoms. The van der Waals surface area contributed by atoms with Crippen molar-refractivity contribution >= 4 is 5.91 Å². The Hall–Kier alpha value is -0.610. The maximum atomic E-state index is 12.3. The summed E-state index contributed by atoms with van der Waals surface area (Å²) < 4.78 is 5.30. The van der Waals surface area contributed by atoms with Crippen molar-refractivity contribution in [2.75, 3.05) is 26.7 Å².